The maximum Gasteiger partial charge on any atom is 0.265 e. The molecule has 2 aromatic heterocycles. The quantitative estimate of drug-likeness (QED) is 0.463. The van der Waals surface area contributed by atoms with Gasteiger partial charge in [-0.25, -0.2) is 4.98 Å². The van der Waals surface area contributed by atoms with Gasteiger partial charge in [0.25, 0.3) is 5.91 Å². The van der Waals surface area contributed by atoms with E-state index in [1.54, 1.807) is 7.11 Å². The van der Waals surface area contributed by atoms with Crippen LogP contribution in [-0.4, -0.2) is 18.0 Å². The van der Waals surface area contributed by atoms with Crippen LogP contribution in [0.3, 0.4) is 0 Å². The number of hydrogen-bond acceptors (Lipinski definition) is 4. The van der Waals surface area contributed by atoms with Gasteiger partial charge in [0.15, 0.2) is 0 Å². The fraction of sp³-hybridized carbons (Fsp3) is 0.143. The molecule has 4 nitrogen and oxygen atoms in total. The van der Waals surface area contributed by atoms with E-state index in [0.29, 0.717) is 21.2 Å². The SMILES string of the molecule is COc1ccc2cc3cc(C(=O)Nc4ccc(C)cc4C)sc3nc2c1Cl. The molecule has 0 saturated carbocycles. The molecule has 0 unspecified atom stereocenters. The largest absolute Gasteiger partial charge is 0.495 e. The Hall–Kier alpha value is -2.63. The number of rotatable bonds is 3. The predicted octanol–water partition coefficient (Wildman–Crippen LogP) is 5.98. The molecular formula is C21H17ClN2O2S. The van der Waals surface area contributed by atoms with Gasteiger partial charge in [-0.05, 0) is 49.7 Å². The number of amides is 1. The number of pyridine rings is 1. The van der Waals surface area contributed by atoms with Crippen LogP contribution >= 0.6 is 22.9 Å². The molecular weight excluding hydrogens is 380 g/mol. The lowest BCUT2D eigenvalue weighted by molar-refractivity contribution is 0.103. The van der Waals surface area contributed by atoms with Gasteiger partial charge < -0.3 is 10.1 Å². The lowest BCUT2D eigenvalue weighted by atomic mass is 10.1. The van der Waals surface area contributed by atoms with E-state index in [1.807, 2.05) is 56.3 Å². The third-order valence-electron chi connectivity index (χ3n) is 4.45. The Morgan fingerprint density at radius 1 is 1.11 bits per heavy atom. The normalized spacial score (nSPS) is 11.1. The fourth-order valence-electron chi connectivity index (χ4n) is 3.05. The van der Waals surface area contributed by atoms with Gasteiger partial charge in [0.05, 0.1) is 17.5 Å². The summed E-state index contributed by atoms with van der Waals surface area (Å²) in [4.78, 5) is 18.7. The average molecular weight is 397 g/mol. The minimum Gasteiger partial charge on any atom is -0.495 e. The van der Waals surface area contributed by atoms with Gasteiger partial charge in [-0.2, -0.15) is 0 Å². The van der Waals surface area contributed by atoms with E-state index >= 15 is 0 Å². The number of hydrogen-bond donors (Lipinski definition) is 1. The Balaban J connectivity index is 1.73. The number of anilines is 1. The van der Waals surface area contributed by atoms with Crippen LogP contribution in [0.25, 0.3) is 21.1 Å². The Morgan fingerprint density at radius 3 is 2.67 bits per heavy atom. The Kier molecular flexibility index (Phi) is 4.50. The lowest BCUT2D eigenvalue weighted by Crippen LogP contribution is -2.11. The van der Waals surface area contributed by atoms with Crippen LogP contribution in [0.15, 0.2) is 42.5 Å². The van der Waals surface area contributed by atoms with Crippen molar-refractivity contribution in [3.63, 3.8) is 0 Å². The van der Waals surface area contributed by atoms with Crippen LogP contribution in [-0.2, 0) is 0 Å². The van der Waals surface area contributed by atoms with E-state index in [0.717, 1.165) is 32.4 Å². The number of aromatic nitrogens is 1. The van der Waals surface area contributed by atoms with Gasteiger partial charge in [-0.15, -0.1) is 11.3 Å². The fourth-order valence-corrected chi connectivity index (χ4v) is 4.26. The summed E-state index contributed by atoms with van der Waals surface area (Å²) in [6, 6.07) is 13.5. The minimum absolute atomic E-state index is 0.141. The summed E-state index contributed by atoms with van der Waals surface area (Å²) < 4.78 is 5.26. The highest BCUT2D eigenvalue weighted by molar-refractivity contribution is 7.20. The van der Waals surface area contributed by atoms with E-state index in [9.17, 15) is 4.79 Å². The van der Waals surface area contributed by atoms with Gasteiger partial charge in [0.2, 0.25) is 0 Å². The standard InChI is InChI=1S/C21H17ClN2O2S/c1-11-4-6-15(12(2)8-11)23-20(25)17-10-14-9-13-5-7-16(26-3)18(22)19(13)24-21(14)27-17/h4-10H,1-3H3,(H,23,25). The number of aryl methyl sites for hydroxylation is 2. The monoisotopic (exact) mass is 396 g/mol. The number of carbonyl (C=O) groups excluding carboxylic acids is 1. The van der Waals surface area contributed by atoms with Gasteiger partial charge in [0.1, 0.15) is 15.6 Å². The molecule has 4 aromatic rings. The number of methoxy groups -OCH3 is 1. The topological polar surface area (TPSA) is 51.2 Å². The molecule has 0 saturated heterocycles. The summed E-state index contributed by atoms with van der Waals surface area (Å²) >= 11 is 7.73. The average Bonchev–Trinajstić information content (AvgIpc) is 3.06. The van der Waals surface area contributed by atoms with E-state index in [4.69, 9.17) is 16.3 Å². The highest BCUT2D eigenvalue weighted by Gasteiger charge is 2.15. The van der Waals surface area contributed by atoms with Gasteiger partial charge in [0, 0.05) is 16.5 Å². The molecule has 0 aliphatic rings. The number of halogens is 1. The van der Waals surface area contributed by atoms with Crippen LogP contribution in [0.1, 0.15) is 20.8 Å². The zero-order chi connectivity index (χ0) is 19.1. The molecule has 0 bridgehead atoms. The Morgan fingerprint density at radius 2 is 1.93 bits per heavy atom. The molecule has 2 heterocycles. The lowest BCUT2D eigenvalue weighted by Gasteiger charge is -2.07. The first kappa shape index (κ1) is 17.8. The number of fused-ring (bicyclic) bond motifs is 2. The minimum atomic E-state index is -0.141. The second-order valence-corrected chi connectivity index (χ2v) is 7.83. The van der Waals surface area contributed by atoms with Crippen LogP contribution in [0.2, 0.25) is 5.02 Å². The summed E-state index contributed by atoms with van der Waals surface area (Å²) in [6.07, 6.45) is 0. The van der Waals surface area contributed by atoms with Crippen molar-refractivity contribution >= 4 is 55.7 Å². The molecule has 27 heavy (non-hydrogen) atoms. The van der Waals surface area contributed by atoms with Crippen molar-refractivity contribution in [3.05, 3.63) is 63.5 Å². The second kappa shape index (κ2) is 6.83. The zero-order valence-corrected chi connectivity index (χ0v) is 16.7. The van der Waals surface area contributed by atoms with Crippen LogP contribution in [0, 0.1) is 13.8 Å². The van der Waals surface area contributed by atoms with Gasteiger partial charge >= 0.3 is 0 Å². The number of ether oxygens (including phenoxy) is 1. The summed E-state index contributed by atoms with van der Waals surface area (Å²) in [5.41, 5.74) is 3.68. The van der Waals surface area contributed by atoms with Crippen LogP contribution < -0.4 is 10.1 Å². The zero-order valence-electron chi connectivity index (χ0n) is 15.1. The van der Waals surface area contributed by atoms with Crippen molar-refractivity contribution in [2.24, 2.45) is 0 Å². The number of nitrogens with one attached hydrogen (secondary N) is 1. The number of carbonyl (C=O) groups is 1. The first-order valence-corrected chi connectivity index (χ1v) is 9.61. The van der Waals surface area contributed by atoms with Gasteiger partial charge in [-0.1, -0.05) is 29.3 Å². The summed E-state index contributed by atoms with van der Waals surface area (Å²) in [5.74, 6) is 0.443. The summed E-state index contributed by atoms with van der Waals surface area (Å²) in [6.45, 7) is 4.01. The van der Waals surface area contributed by atoms with E-state index in [-0.39, 0.29) is 5.91 Å². The second-order valence-electron chi connectivity index (χ2n) is 6.42. The summed E-state index contributed by atoms with van der Waals surface area (Å²) in [7, 11) is 1.58. The number of nitrogens with zero attached hydrogens (tertiary/aromatic N) is 1. The van der Waals surface area contributed by atoms with Crippen molar-refractivity contribution in [3.8, 4) is 5.75 Å². The predicted molar refractivity (Wildman–Crippen MR) is 113 cm³/mol. The van der Waals surface area contributed by atoms with Crippen molar-refractivity contribution in [2.75, 3.05) is 12.4 Å². The van der Waals surface area contributed by atoms with E-state index in [2.05, 4.69) is 10.3 Å². The van der Waals surface area contributed by atoms with Crippen molar-refractivity contribution < 1.29 is 9.53 Å². The molecule has 0 radical (unpaired) electrons. The molecule has 0 fully saturated rings. The third-order valence-corrected chi connectivity index (χ3v) is 5.86. The van der Waals surface area contributed by atoms with Crippen molar-refractivity contribution in [2.45, 2.75) is 13.8 Å². The van der Waals surface area contributed by atoms with E-state index < -0.39 is 0 Å². The number of thiophene rings is 1. The maximum absolute atomic E-state index is 12.7. The highest BCUT2D eigenvalue weighted by atomic mass is 35.5. The molecule has 6 heteroatoms. The molecule has 0 atom stereocenters. The third kappa shape index (κ3) is 3.24. The Bertz CT molecular complexity index is 1200. The maximum atomic E-state index is 12.7. The first-order chi connectivity index (χ1) is 13.0. The van der Waals surface area contributed by atoms with Crippen LogP contribution in [0.4, 0.5) is 5.69 Å². The van der Waals surface area contributed by atoms with Crippen molar-refractivity contribution in [1.82, 2.24) is 4.98 Å². The number of benzene rings is 2. The Labute approximate surface area is 165 Å². The molecule has 136 valence electrons. The molecule has 0 spiro atoms. The molecule has 0 aliphatic carbocycles. The molecule has 2 aromatic carbocycles. The van der Waals surface area contributed by atoms with Crippen molar-refractivity contribution in [1.29, 1.82) is 0 Å². The molecule has 1 N–H and O–H groups in total. The molecule has 4 rings (SSSR count). The highest BCUT2D eigenvalue weighted by Crippen LogP contribution is 2.35. The first-order valence-electron chi connectivity index (χ1n) is 8.41. The van der Waals surface area contributed by atoms with E-state index in [1.165, 1.54) is 11.3 Å². The smallest absolute Gasteiger partial charge is 0.265 e. The van der Waals surface area contributed by atoms with Crippen LogP contribution in [0.5, 0.6) is 5.75 Å². The van der Waals surface area contributed by atoms with Gasteiger partial charge in [-0.3, -0.25) is 4.79 Å². The molecule has 0 aliphatic heterocycles. The summed E-state index contributed by atoms with van der Waals surface area (Å²) in [5, 5.41) is 5.29. The molecule has 1 amide bonds.